The molecule has 82 valence electrons. The number of H-pyrrole nitrogens is 1. The molecular weight excluding hydrogens is 206 g/mol. The number of benzene rings is 1. The molecule has 0 atom stereocenters. The zero-order valence-electron chi connectivity index (χ0n) is 8.51. The molecule has 0 fully saturated rings. The highest BCUT2D eigenvalue weighted by Crippen LogP contribution is 2.06. The van der Waals surface area contributed by atoms with Crippen molar-refractivity contribution in [1.29, 1.82) is 0 Å². The number of aromatic nitrogens is 2. The second-order valence-corrected chi connectivity index (χ2v) is 3.27. The van der Waals surface area contributed by atoms with Gasteiger partial charge in [0.05, 0.1) is 0 Å². The number of anilines is 1. The van der Waals surface area contributed by atoms with Crippen molar-refractivity contribution in [1.82, 2.24) is 10.2 Å². The minimum absolute atomic E-state index is 0.188. The van der Waals surface area contributed by atoms with Gasteiger partial charge in [-0.1, -0.05) is 30.3 Å². The molecule has 5 heteroatoms. The first-order valence-corrected chi connectivity index (χ1v) is 4.77. The van der Waals surface area contributed by atoms with Crippen LogP contribution in [0.25, 0.3) is 0 Å². The number of nitrogens with zero attached hydrogens (tertiary/aromatic N) is 1. The zero-order valence-corrected chi connectivity index (χ0v) is 8.51. The molecule has 0 saturated heterocycles. The van der Waals surface area contributed by atoms with Crippen LogP contribution in [0.2, 0.25) is 0 Å². The number of nitrogens with one attached hydrogen (secondary N) is 1. The zero-order chi connectivity index (χ0) is 11.4. The summed E-state index contributed by atoms with van der Waals surface area (Å²) in [5, 5.41) is 6.18. The van der Waals surface area contributed by atoms with Crippen molar-refractivity contribution in [2.24, 2.45) is 0 Å². The van der Waals surface area contributed by atoms with E-state index in [1.807, 2.05) is 30.3 Å². The quantitative estimate of drug-likeness (QED) is 0.760. The van der Waals surface area contributed by atoms with E-state index >= 15 is 0 Å². The Morgan fingerprint density at radius 1 is 1.38 bits per heavy atom. The van der Waals surface area contributed by atoms with Crippen LogP contribution in [0.3, 0.4) is 0 Å². The molecule has 1 heterocycles. The third-order valence-electron chi connectivity index (χ3n) is 2.02. The lowest BCUT2D eigenvalue weighted by Crippen LogP contribution is -2.05. The van der Waals surface area contributed by atoms with Crippen LogP contribution in [0.1, 0.15) is 16.1 Å². The first-order valence-electron chi connectivity index (χ1n) is 4.77. The van der Waals surface area contributed by atoms with E-state index in [0.717, 1.165) is 5.56 Å². The molecular formula is C11H11N3O2. The molecule has 3 N–H and O–H groups in total. The monoisotopic (exact) mass is 217 g/mol. The van der Waals surface area contributed by atoms with E-state index < -0.39 is 5.97 Å². The SMILES string of the molecule is Nc1cc(C(=O)OCc2ccccc2)n[nH]1. The molecule has 16 heavy (non-hydrogen) atoms. The summed E-state index contributed by atoms with van der Waals surface area (Å²) in [6.07, 6.45) is 0. The molecule has 0 aliphatic heterocycles. The summed E-state index contributed by atoms with van der Waals surface area (Å²) in [6.45, 7) is 0.229. The van der Waals surface area contributed by atoms with Gasteiger partial charge in [-0.2, -0.15) is 5.10 Å². The van der Waals surface area contributed by atoms with Crippen molar-refractivity contribution in [2.45, 2.75) is 6.61 Å². The smallest absolute Gasteiger partial charge is 0.359 e. The molecule has 1 aromatic heterocycles. The number of esters is 1. The van der Waals surface area contributed by atoms with Crippen molar-refractivity contribution in [3.63, 3.8) is 0 Å². The number of aromatic amines is 1. The Morgan fingerprint density at radius 3 is 2.75 bits per heavy atom. The first kappa shape index (κ1) is 10.2. The Hall–Kier alpha value is -2.30. The van der Waals surface area contributed by atoms with Crippen LogP contribution in [-0.4, -0.2) is 16.2 Å². The lowest BCUT2D eigenvalue weighted by Gasteiger charge is -2.01. The number of nitrogens with two attached hydrogens (primary N) is 1. The van der Waals surface area contributed by atoms with Gasteiger partial charge in [0.2, 0.25) is 0 Å². The van der Waals surface area contributed by atoms with Gasteiger partial charge in [-0.25, -0.2) is 4.79 Å². The highest BCUT2D eigenvalue weighted by atomic mass is 16.5. The number of ether oxygens (including phenoxy) is 1. The van der Waals surface area contributed by atoms with Gasteiger partial charge in [0.25, 0.3) is 0 Å². The summed E-state index contributed by atoms with van der Waals surface area (Å²) in [7, 11) is 0. The molecule has 0 spiro atoms. The van der Waals surface area contributed by atoms with Crippen LogP contribution in [0.4, 0.5) is 5.82 Å². The second kappa shape index (κ2) is 4.48. The highest BCUT2D eigenvalue weighted by Gasteiger charge is 2.10. The topological polar surface area (TPSA) is 81.0 Å². The Morgan fingerprint density at radius 2 is 2.12 bits per heavy atom. The molecule has 1 aromatic carbocycles. The molecule has 0 saturated carbocycles. The Balaban J connectivity index is 1.94. The fourth-order valence-electron chi connectivity index (χ4n) is 1.24. The predicted octanol–water partition coefficient (Wildman–Crippen LogP) is 1.35. The van der Waals surface area contributed by atoms with E-state index in [1.54, 1.807) is 0 Å². The molecule has 2 aromatic rings. The summed E-state index contributed by atoms with van der Waals surface area (Å²) in [4.78, 5) is 11.5. The van der Waals surface area contributed by atoms with E-state index in [0.29, 0.717) is 5.82 Å². The van der Waals surface area contributed by atoms with Gasteiger partial charge in [-0.05, 0) is 5.56 Å². The molecule has 0 aliphatic rings. The predicted molar refractivity (Wildman–Crippen MR) is 58.6 cm³/mol. The van der Waals surface area contributed by atoms with Crippen molar-refractivity contribution < 1.29 is 9.53 Å². The van der Waals surface area contributed by atoms with Crippen LogP contribution in [0.5, 0.6) is 0 Å². The molecule has 5 nitrogen and oxygen atoms in total. The Kier molecular flexibility index (Phi) is 2.86. The lowest BCUT2D eigenvalue weighted by molar-refractivity contribution is 0.0465. The van der Waals surface area contributed by atoms with Gasteiger partial charge >= 0.3 is 5.97 Å². The number of rotatable bonds is 3. The lowest BCUT2D eigenvalue weighted by atomic mass is 10.2. The van der Waals surface area contributed by atoms with E-state index in [-0.39, 0.29) is 12.3 Å². The van der Waals surface area contributed by atoms with Gasteiger partial charge < -0.3 is 10.5 Å². The molecule has 0 unspecified atom stereocenters. The van der Waals surface area contributed by atoms with Gasteiger partial charge in [-0.15, -0.1) is 0 Å². The normalized spacial score (nSPS) is 10.0. The summed E-state index contributed by atoms with van der Waals surface area (Å²) >= 11 is 0. The van der Waals surface area contributed by atoms with E-state index in [4.69, 9.17) is 10.5 Å². The van der Waals surface area contributed by atoms with Crippen LogP contribution in [0.15, 0.2) is 36.4 Å². The number of carbonyl (C=O) groups excluding carboxylic acids is 1. The maximum atomic E-state index is 11.5. The van der Waals surface area contributed by atoms with Crippen LogP contribution in [-0.2, 0) is 11.3 Å². The molecule has 0 bridgehead atoms. The minimum Gasteiger partial charge on any atom is -0.456 e. The third kappa shape index (κ3) is 2.38. The number of carbonyl (C=O) groups is 1. The molecule has 0 radical (unpaired) electrons. The van der Waals surface area contributed by atoms with Crippen LogP contribution < -0.4 is 5.73 Å². The molecule has 2 rings (SSSR count). The van der Waals surface area contributed by atoms with Gasteiger partial charge in [0.15, 0.2) is 5.69 Å². The second-order valence-electron chi connectivity index (χ2n) is 3.27. The number of hydrogen-bond acceptors (Lipinski definition) is 4. The Labute approximate surface area is 92.2 Å². The standard InChI is InChI=1S/C11H11N3O2/c12-10-6-9(13-14-10)11(15)16-7-8-4-2-1-3-5-8/h1-6H,7H2,(H3,12,13,14). The fraction of sp³-hybridized carbons (Fsp3) is 0.0909. The van der Waals surface area contributed by atoms with Crippen molar-refractivity contribution in [2.75, 3.05) is 5.73 Å². The summed E-state index contributed by atoms with van der Waals surface area (Å²) < 4.78 is 5.05. The third-order valence-corrected chi connectivity index (χ3v) is 2.02. The average Bonchev–Trinajstić information content (AvgIpc) is 2.74. The number of hydrogen-bond donors (Lipinski definition) is 2. The molecule has 0 amide bonds. The maximum absolute atomic E-state index is 11.5. The van der Waals surface area contributed by atoms with Gasteiger partial charge in [0.1, 0.15) is 12.4 Å². The average molecular weight is 217 g/mol. The molecule has 0 aliphatic carbocycles. The Bertz CT molecular complexity index is 479. The van der Waals surface area contributed by atoms with Gasteiger partial charge in [0, 0.05) is 6.07 Å². The van der Waals surface area contributed by atoms with Crippen molar-refractivity contribution in [3.05, 3.63) is 47.7 Å². The van der Waals surface area contributed by atoms with Crippen LogP contribution in [0, 0.1) is 0 Å². The summed E-state index contributed by atoms with van der Waals surface area (Å²) in [5.41, 5.74) is 6.52. The summed E-state index contributed by atoms with van der Waals surface area (Å²) in [6, 6.07) is 10.9. The van der Waals surface area contributed by atoms with E-state index in [1.165, 1.54) is 6.07 Å². The number of nitrogen functional groups attached to an aromatic ring is 1. The minimum atomic E-state index is -0.489. The van der Waals surface area contributed by atoms with Gasteiger partial charge in [-0.3, -0.25) is 5.10 Å². The van der Waals surface area contributed by atoms with Crippen molar-refractivity contribution in [3.8, 4) is 0 Å². The fourth-order valence-corrected chi connectivity index (χ4v) is 1.24. The van der Waals surface area contributed by atoms with E-state index in [2.05, 4.69) is 10.2 Å². The highest BCUT2D eigenvalue weighted by molar-refractivity contribution is 5.87. The summed E-state index contributed by atoms with van der Waals surface area (Å²) in [5.74, 6) is -0.150. The first-order chi connectivity index (χ1) is 7.75. The maximum Gasteiger partial charge on any atom is 0.359 e. The van der Waals surface area contributed by atoms with Crippen molar-refractivity contribution >= 4 is 11.8 Å². The largest absolute Gasteiger partial charge is 0.456 e. The van der Waals surface area contributed by atoms with E-state index in [9.17, 15) is 4.79 Å². The van der Waals surface area contributed by atoms with Crippen LogP contribution >= 0.6 is 0 Å².